The van der Waals surface area contributed by atoms with Crippen LogP contribution in [0.25, 0.3) is 0 Å². The van der Waals surface area contributed by atoms with E-state index in [9.17, 15) is 14.4 Å². The second-order valence-electron chi connectivity index (χ2n) is 5.63. The van der Waals surface area contributed by atoms with E-state index in [1.54, 1.807) is 20.8 Å². The predicted octanol–water partition coefficient (Wildman–Crippen LogP) is 0.958. The monoisotopic (exact) mass is 287 g/mol. The standard InChI is InChI=1S/C13H21NO6/c1-13(2,3)20-12(17)14-7-8(10(15)18-4)6-9(14)11(16)19-5/h8-9H,6-7H2,1-5H3/t8-,9+/m1/s1. The molecule has 20 heavy (non-hydrogen) atoms. The first-order chi connectivity index (χ1) is 9.19. The molecular weight excluding hydrogens is 266 g/mol. The van der Waals surface area contributed by atoms with Crippen LogP contribution in [0.1, 0.15) is 27.2 Å². The fraction of sp³-hybridized carbons (Fsp3) is 0.769. The number of rotatable bonds is 2. The summed E-state index contributed by atoms with van der Waals surface area (Å²) in [6, 6.07) is -0.820. The zero-order valence-electron chi connectivity index (χ0n) is 12.5. The van der Waals surface area contributed by atoms with E-state index >= 15 is 0 Å². The lowest BCUT2D eigenvalue weighted by Crippen LogP contribution is -2.43. The Labute approximate surface area is 118 Å². The fourth-order valence-electron chi connectivity index (χ4n) is 2.06. The molecule has 1 amide bonds. The van der Waals surface area contributed by atoms with E-state index in [0.29, 0.717) is 0 Å². The van der Waals surface area contributed by atoms with E-state index < -0.39 is 35.6 Å². The molecule has 0 radical (unpaired) electrons. The van der Waals surface area contributed by atoms with E-state index in [4.69, 9.17) is 4.74 Å². The van der Waals surface area contributed by atoms with Crippen molar-refractivity contribution in [3.05, 3.63) is 0 Å². The Morgan fingerprint density at radius 1 is 1.05 bits per heavy atom. The summed E-state index contributed by atoms with van der Waals surface area (Å²) >= 11 is 0. The number of carbonyl (C=O) groups excluding carboxylic acids is 3. The molecule has 114 valence electrons. The molecule has 1 heterocycles. The van der Waals surface area contributed by atoms with Gasteiger partial charge in [0.05, 0.1) is 20.1 Å². The summed E-state index contributed by atoms with van der Waals surface area (Å²) in [5.41, 5.74) is -0.679. The van der Waals surface area contributed by atoms with Gasteiger partial charge in [-0.2, -0.15) is 0 Å². The molecule has 1 saturated heterocycles. The largest absolute Gasteiger partial charge is 0.469 e. The number of likely N-dealkylation sites (tertiary alicyclic amines) is 1. The molecule has 0 aromatic heterocycles. The number of hydrogen-bond acceptors (Lipinski definition) is 6. The lowest BCUT2D eigenvalue weighted by molar-refractivity contribution is -0.145. The van der Waals surface area contributed by atoms with Crippen molar-refractivity contribution in [2.45, 2.75) is 38.8 Å². The maximum atomic E-state index is 12.1. The van der Waals surface area contributed by atoms with Gasteiger partial charge in [-0.3, -0.25) is 9.69 Å². The highest BCUT2D eigenvalue weighted by Gasteiger charge is 2.45. The molecule has 0 aromatic rings. The fourth-order valence-corrected chi connectivity index (χ4v) is 2.06. The van der Waals surface area contributed by atoms with Crippen LogP contribution >= 0.6 is 0 Å². The molecule has 0 aromatic carbocycles. The third kappa shape index (κ3) is 3.85. The molecule has 7 heteroatoms. The van der Waals surface area contributed by atoms with Gasteiger partial charge in [-0.05, 0) is 27.2 Å². The molecule has 7 nitrogen and oxygen atoms in total. The number of carbonyl (C=O) groups is 3. The zero-order valence-corrected chi connectivity index (χ0v) is 12.5. The van der Waals surface area contributed by atoms with E-state index in [-0.39, 0.29) is 13.0 Å². The van der Waals surface area contributed by atoms with Gasteiger partial charge in [0, 0.05) is 6.54 Å². The van der Waals surface area contributed by atoms with Gasteiger partial charge < -0.3 is 14.2 Å². The molecular formula is C13H21NO6. The van der Waals surface area contributed by atoms with Crippen LogP contribution in [0.15, 0.2) is 0 Å². The van der Waals surface area contributed by atoms with Gasteiger partial charge in [0.15, 0.2) is 0 Å². The van der Waals surface area contributed by atoms with Crippen LogP contribution in [0.5, 0.6) is 0 Å². The Bertz CT molecular complexity index is 400. The van der Waals surface area contributed by atoms with Crippen LogP contribution in [-0.2, 0) is 23.8 Å². The van der Waals surface area contributed by atoms with Crippen molar-refractivity contribution in [1.29, 1.82) is 0 Å². The molecule has 1 fully saturated rings. The lowest BCUT2D eigenvalue weighted by Gasteiger charge is -2.27. The summed E-state index contributed by atoms with van der Waals surface area (Å²) in [5, 5.41) is 0. The highest BCUT2D eigenvalue weighted by atomic mass is 16.6. The third-order valence-electron chi connectivity index (χ3n) is 2.94. The van der Waals surface area contributed by atoms with Crippen molar-refractivity contribution in [2.24, 2.45) is 5.92 Å². The highest BCUT2D eigenvalue weighted by molar-refractivity contribution is 5.85. The number of esters is 2. The Morgan fingerprint density at radius 3 is 2.05 bits per heavy atom. The average Bonchev–Trinajstić information content (AvgIpc) is 2.79. The van der Waals surface area contributed by atoms with Crippen molar-refractivity contribution in [3.63, 3.8) is 0 Å². The van der Waals surface area contributed by atoms with Crippen LogP contribution in [-0.4, -0.2) is 55.3 Å². The second kappa shape index (κ2) is 6.11. The maximum absolute atomic E-state index is 12.1. The van der Waals surface area contributed by atoms with Gasteiger partial charge in [0.25, 0.3) is 0 Å². The summed E-state index contributed by atoms with van der Waals surface area (Å²) < 4.78 is 14.6. The number of methoxy groups -OCH3 is 2. The van der Waals surface area contributed by atoms with Gasteiger partial charge in [0.2, 0.25) is 0 Å². The third-order valence-corrected chi connectivity index (χ3v) is 2.94. The van der Waals surface area contributed by atoms with Crippen molar-refractivity contribution in [3.8, 4) is 0 Å². The van der Waals surface area contributed by atoms with Crippen LogP contribution in [0.3, 0.4) is 0 Å². The molecule has 0 unspecified atom stereocenters. The Hall–Kier alpha value is -1.79. The molecule has 0 N–H and O–H groups in total. The summed E-state index contributed by atoms with van der Waals surface area (Å²) in [6.07, 6.45) is -0.460. The minimum absolute atomic E-state index is 0.0847. The van der Waals surface area contributed by atoms with E-state index in [2.05, 4.69) is 9.47 Å². The molecule has 0 aliphatic carbocycles. The molecule has 1 aliphatic rings. The number of nitrogens with zero attached hydrogens (tertiary/aromatic N) is 1. The number of ether oxygens (including phenoxy) is 3. The predicted molar refractivity (Wildman–Crippen MR) is 68.9 cm³/mol. The van der Waals surface area contributed by atoms with Gasteiger partial charge in [-0.15, -0.1) is 0 Å². The Morgan fingerprint density at radius 2 is 1.60 bits per heavy atom. The average molecular weight is 287 g/mol. The topological polar surface area (TPSA) is 82.1 Å². The molecule has 1 aliphatic heterocycles. The van der Waals surface area contributed by atoms with Crippen molar-refractivity contribution >= 4 is 18.0 Å². The number of amides is 1. The van der Waals surface area contributed by atoms with E-state index in [0.717, 1.165) is 0 Å². The quantitative estimate of drug-likeness (QED) is 0.555. The molecule has 2 atom stereocenters. The van der Waals surface area contributed by atoms with Gasteiger partial charge >= 0.3 is 18.0 Å². The second-order valence-corrected chi connectivity index (χ2v) is 5.63. The van der Waals surface area contributed by atoms with Crippen LogP contribution in [0, 0.1) is 5.92 Å². The van der Waals surface area contributed by atoms with Gasteiger partial charge in [-0.1, -0.05) is 0 Å². The van der Waals surface area contributed by atoms with Gasteiger partial charge in [-0.25, -0.2) is 9.59 Å². The summed E-state index contributed by atoms with van der Waals surface area (Å²) in [7, 11) is 2.51. The van der Waals surface area contributed by atoms with E-state index in [1.807, 2.05) is 0 Å². The van der Waals surface area contributed by atoms with Crippen LogP contribution in [0.2, 0.25) is 0 Å². The van der Waals surface area contributed by atoms with E-state index in [1.165, 1.54) is 19.1 Å². The normalized spacial score (nSPS) is 22.4. The molecule has 1 rings (SSSR count). The SMILES string of the molecule is COC(=O)[C@@H]1C[C@@H](C(=O)OC)N(C(=O)OC(C)(C)C)C1. The Kier molecular flexibility index (Phi) is 4.97. The van der Waals surface area contributed by atoms with Crippen LogP contribution < -0.4 is 0 Å². The maximum Gasteiger partial charge on any atom is 0.411 e. The van der Waals surface area contributed by atoms with Crippen molar-refractivity contribution < 1.29 is 28.6 Å². The Balaban J connectivity index is 2.87. The first-order valence-electron chi connectivity index (χ1n) is 6.35. The minimum Gasteiger partial charge on any atom is -0.469 e. The number of hydrogen-bond donors (Lipinski definition) is 0. The molecule has 0 spiro atoms. The highest BCUT2D eigenvalue weighted by Crippen LogP contribution is 2.27. The molecule has 0 saturated carbocycles. The first kappa shape index (κ1) is 16.3. The summed E-state index contributed by atoms with van der Waals surface area (Å²) in [4.78, 5) is 36.6. The van der Waals surface area contributed by atoms with Crippen molar-refractivity contribution in [1.82, 2.24) is 4.90 Å². The lowest BCUT2D eigenvalue weighted by atomic mass is 10.1. The molecule has 0 bridgehead atoms. The first-order valence-corrected chi connectivity index (χ1v) is 6.35. The minimum atomic E-state index is -0.820. The summed E-state index contributed by atoms with van der Waals surface area (Å²) in [6.45, 7) is 5.27. The summed E-state index contributed by atoms with van der Waals surface area (Å²) in [5.74, 6) is -1.57. The smallest absolute Gasteiger partial charge is 0.411 e. The zero-order chi connectivity index (χ0) is 15.5. The van der Waals surface area contributed by atoms with Crippen molar-refractivity contribution in [2.75, 3.05) is 20.8 Å². The van der Waals surface area contributed by atoms with Crippen LogP contribution in [0.4, 0.5) is 4.79 Å². The van der Waals surface area contributed by atoms with Gasteiger partial charge in [0.1, 0.15) is 11.6 Å².